The van der Waals surface area contributed by atoms with Crippen molar-refractivity contribution in [2.45, 2.75) is 12.8 Å². The minimum Gasteiger partial charge on any atom is -0.492 e. The van der Waals surface area contributed by atoms with Gasteiger partial charge in [0.15, 0.2) is 0 Å². The fourth-order valence-corrected chi connectivity index (χ4v) is 4.11. The van der Waals surface area contributed by atoms with Crippen LogP contribution < -0.4 is 15.0 Å². The summed E-state index contributed by atoms with van der Waals surface area (Å²) in [5.74, 6) is 0.602. The van der Waals surface area contributed by atoms with Crippen molar-refractivity contribution in [2.24, 2.45) is 0 Å². The molecule has 2 aliphatic heterocycles. The summed E-state index contributed by atoms with van der Waals surface area (Å²) in [6.45, 7) is 4.96. The summed E-state index contributed by atoms with van der Waals surface area (Å²) in [7, 11) is 0. The summed E-state index contributed by atoms with van der Waals surface area (Å²) in [6.07, 6.45) is 1.43. The van der Waals surface area contributed by atoms with Crippen LogP contribution in [0.15, 0.2) is 54.6 Å². The number of benzene rings is 2. The largest absolute Gasteiger partial charge is 0.492 e. The summed E-state index contributed by atoms with van der Waals surface area (Å²) in [6, 6.07) is 16.7. The second-order valence-electron chi connectivity index (χ2n) is 8.26. The molecule has 0 atom stereocenters. The lowest BCUT2D eigenvalue weighted by molar-refractivity contribution is -0.131. The maximum absolute atomic E-state index is 12.5. The standard InChI is InChI=1S/C25H30N4O4/c30-23-7-4-12-29(23)21-10-8-20(9-11-21)25(32)26-19-24(31)28-15-13-27(14-16-28)17-18-33-22-5-2-1-3-6-22/h1-3,5-6,8-11H,4,7,12-19H2,(H,26,32). The first-order chi connectivity index (χ1) is 16.1. The number of rotatable bonds is 8. The highest BCUT2D eigenvalue weighted by Crippen LogP contribution is 2.21. The molecule has 4 rings (SSSR count). The Morgan fingerprint density at radius 2 is 1.64 bits per heavy atom. The van der Waals surface area contributed by atoms with Crippen LogP contribution in [0.3, 0.4) is 0 Å². The molecule has 2 aromatic carbocycles. The van der Waals surface area contributed by atoms with Crippen LogP contribution in [0, 0.1) is 0 Å². The third-order valence-electron chi connectivity index (χ3n) is 6.06. The zero-order valence-electron chi connectivity index (χ0n) is 18.7. The molecule has 1 N–H and O–H groups in total. The number of hydrogen-bond acceptors (Lipinski definition) is 5. The quantitative estimate of drug-likeness (QED) is 0.663. The Hall–Kier alpha value is -3.39. The molecule has 0 radical (unpaired) electrons. The van der Waals surface area contributed by atoms with Crippen LogP contribution >= 0.6 is 0 Å². The molecule has 33 heavy (non-hydrogen) atoms. The Morgan fingerprint density at radius 3 is 2.30 bits per heavy atom. The van der Waals surface area contributed by atoms with E-state index in [9.17, 15) is 14.4 Å². The molecule has 0 unspecified atom stereocenters. The van der Waals surface area contributed by atoms with Gasteiger partial charge in [0, 0.05) is 56.9 Å². The first-order valence-electron chi connectivity index (χ1n) is 11.5. The first kappa shape index (κ1) is 22.8. The van der Waals surface area contributed by atoms with Crippen LogP contribution in [0.25, 0.3) is 0 Å². The molecule has 8 heteroatoms. The summed E-state index contributed by atoms with van der Waals surface area (Å²) in [5.41, 5.74) is 1.28. The third-order valence-corrected chi connectivity index (χ3v) is 6.06. The first-order valence-corrected chi connectivity index (χ1v) is 11.5. The van der Waals surface area contributed by atoms with E-state index in [1.165, 1.54) is 0 Å². The average molecular weight is 451 g/mol. The Labute approximate surface area is 194 Å². The van der Waals surface area contributed by atoms with Crippen LogP contribution in [0.5, 0.6) is 5.75 Å². The molecule has 0 aromatic heterocycles. The Kier molecular flexibility index (Phi) is 7.57. The Morgan fingerprint density at radius 1 is 0.909 bits per heavy atom. The van der Waals surface area contributed by atoms with Crippen molar-refractivity contribution in [1.82, 2.24) is 15.1 Å². The summed E-state index contributed by atoms with van der Waals surface area (Å²) in [5, 5.41) is 2.71. The number of anilines is 1. The van der Waals surface area contributed by atoms with Gasteiger partial charge in [0.2, 0.25) is 11.8 Å². The molecule has 0 saturated carbocycles. The van der Waals surface area contributed by atoms with Gasteiger partial charge in [-0.05, 0) is 42.8 Å². The number of hydrogen-bond donors (Lipinski definition) is 1. The number of carbonyl (C=O) groups is 3. The van der Waals surface area contributed by atoms with Crippen molar-refractivity contribution in [3.8, 4) is 5.75 Å². The van der Waals surface area contributed by atoms with E-state index in [1.54, 1.807) is 34.1 Å². The van der Waals surface area contributed by atoms with Crippen molar-refractivity contribution in [2.75, 3.05) is 57.3 Å². The van der Waals surface area contributed by atoms with Gasteiger partial charge in [-0.15, -0.1) is 0 Å². The highest BCUT2D eigenvalue weighted by Gasteiger charge is 2.23. The van der Waals surface area contributed by atoms with E-state index in [-0.39, 0.29) is 24.3 Å². The fourth-order valence-electron chi connectivity index (χ4n) is 4.11. The maximum Gasteiger partial charge on any atom is 0.251 e. The molecule has 8 nitrogen and oxygen atoms in total. The lowest BCUT2D eigenvalue weighted by atomic mass is 10.2. The molecule has 2 saturated heterocycles. The molecule has 2 heterocycles. The van der Waals surface area contributed by atoms with Crippen LogP contribution in [0.4, 0.5) is 5.69 Å². The van der Waals surface area contributed by atoms with Gasteiger partial charge in [0.05, 0.1) is 6.54 Å². The summed E-state index contributed by atoms with van der Waals surface area (Å²) in [4.78, 5) is 42.6. The molecule has 0 aliphatic carbocycles. The molecule has 3 amide bonds. The number of ether oxygens (including phenoxy) is 1. The van der Waals surface area contributed by atoms with Crippen molar-refractivity contribution in [3.63, 3.8) is 0 Å². The Bertz CT molecular complexity index is 956. The second kappa shape index (κ2) is 11.0. The average Bonchev–Trinajstić information content (AvgIpc) is 3.29. The monoisotopic (exact) mass is 450 g/mol. The van der Waals surface area contributed by atoms with E-state index < -0.39 is 0 Å². The zero-order chi connectivity index (χ0) is 23.0. The van der Waals surface area contributed by atoms with Crippen LogP contribution in [-0.2, 0) is 9.59 Å². The molecule has 2 aromatic rings. The van der Waals surface area contributed by atoms with Crippen molar-refractivity contribution >= 4 is 23.4 Å². The minimum absolute atomic E-state index is 0.0255. The van der Waals surface area contributed by atoms with E-state index in [0.29, 0.717) is 38.2 Å². The van der Waals surface area contributed by atoms with Crippen molar-refractivity contribution < 1.29 is 19.1 Å². The number of amides is 3. The van der Waals surface area contributed by atoms with Gasteiger partial charge >= 0.3 is 0 Å². The third kappa shape index (κ3) is 6.10. The van der Waals surface area contributed by atoms with E-state index in [1.807, 2.05) is 30.3 Å². The molecular weight excluding hydrogens is 420 g/mol. The summed E-state index contributed by atoms with van der Waals surface area (Å²) >= 11 is 0. The van der Waals surface area contributed by atoms with E-state index >= 15 is 0 Å². The smallest absolute Gasteiger partial charge is 0.251 e. The van der Waals surface area contributed by atoms with E-state index in [4.69, 9.17) is 4.74 Å². The highest BCUT2D eigenvalue weighted by molar-refractivity contribution is 5.98. The van der Waals surface area contributed by atoms with Gasteiger partial charge in [-0.1, -0.05) is 18.2 Å². The molecular formula is C25H30N4O4. The van der Waals surface area contributed by atoms with Gasteiger partial charge in [0.25, 0.3) is 5.91 Å². The SMILES string of the molecule is O=C(NCC(=O)N1CCN(CCOc2ccccc2)CC1)c1ccc(N2CCCC2=O)cc1. The van der Waals surface area contributed by atoms with Gasteiger partial charge in [-0.2, -0.15) is 0 Å². The molecule has 2 fully saturated rings. The zero-order valence-corrected chi connectivity index (χ0v) is 18.7. The number of nitrogens with one attached hydrogen (secondary N) is 1. The maximum atomic E-state index is 12.5. The predicted molar refractivity (Wildman–Crippen MR) is 125 cm³/mol. The summed E-state index contributed by atoms with van der Waals surface area (Å²) < 4.78 is 5.74. The van der Waals surface area contributed by atoms with Crippen LogP contribution in [-0.4, -0.2) is 79.9 Å². The van der Waals surface area contributed by atoms with Gasteiger partial charge in [-0.25, -0.2) is 0 Å². The molecule has 0 spiro atoms. The van der Waals surface area contributed by atoms with E-state index in [0.717, 1.165) is 37.5 Å². The molecule has 2 aliphatic rings. The van der Waals surface area contributed by atoms with Crippen LogP contribution in [0.1, 0.15) is 23.2 Å². The number of para-hydroxylation sites is 1. The number of carbonyl (C=O) groups excluding carboxylic acids is 3. The van der Waals surface area contributed by atoms with Crippen molar-refractivity contribution in [3.05, 3.63) is 60.2 Å². The predicted octanol–water partition coefficient (Wildman–Crippen LogP) is 1.77. The minimum atomic E-state index is -0.292. The fraction of sp³-hybridized carbons (Fsp3) is 0.400. The topological polar surface area (TPSA) is 82.2 Å². The van der Waals surface area contributed by atoms with Gasteiger partial charge < -0.3 is 19.9 Å². The number of nitrogens with zero attached hydrogens (tertiary/aromatic N) is 3. The lowest BCUT2D eigenvalue weighted by Crippen LogP contribution is -2.51. The Balaban J connectivity index is 1.16. The van der Waals surface area contributed by atoms with Gasteiger partial charge in [0.1, 0.15) is 12.4 Å². The normalized spacial score (nSPS) is 16.7. The second-order valence-corrected chi connectivity index (χ2v) is 8.26. The van der Waals surface area contributed by atoms with Crippen molar-refractivity contribution in [1.29, 1.82) is 0 Å². The molecule has 174 valence electrons. The van der Waals surface area contributed by atoms with E-state index in [2.05, 4.69) is 10.2 Å². The molecule has 0 bridgehead atoms. The highest BCUT2D eigenvalue weighted by atomic mass is 16.5. The lowest BCUT2D eigenvalue weighted by Gasteiger charge is -2.34. The van der Waals surface area contributed by atoms with Gasteiger partial charge in [-0.3, -0.25) is 19.3 Å². The van der Waals surface area contributed by atoms with Crippen LogP contribution in [0.2, 0.25) is 0 Å². The number of piperazine rings is 1.